The van der Waals surface area contributed by atoms with Crippen LogP contribution in [0.25, 0.3) is 0 Å². The molecule has 0 amide bonds. The van der Waals surface area contributed by atoms with Crippen molar-refractivity contribution < 1.29 is 23.8 Å². The highest BCUT2D eigenvalue weighted by Crippen LogP contribution is 2.20. The van der Waals surface area contributed by atoms with E-state index in [2.05, 4.69) is 25.2 Å². The number of carboxylic acids is 1. The van der Waals surface area contributed by atoms with Crippen molar-refractivity contribution in [3.63, 3.8) is 0 Å². The third-order valence-electron chi connectivity index (χ3n) is 2.53. The van der Waals surface area contributed by atoms with Gasteiger partial charge in [-0.3, -0.25) is 4.79 Å². The quantitative estimate of drug-likeness (QED) is 0.562. The number of rotatable bonds is 6. The van der Waals surface area contributed by atoms with Crippen LogP contribution in [0.1, 0.15) is 29.1 Å². The van der Waals surface area contributed by atoms with Crippen molar-refractivity contribution >= 4 is 23.7 Å². The summed E-state index contributed by atoms with van der Waals surface area (Å²) >= 11 is 1.43. The van der Waals surface area contributed by atoms with Crippen LogP contribution in [0.4, 0.5) is 0 Å². The second kappa shape index (κ2) is 9.67. The van der Waals surface area contributed by atoms with Crippen molar-refractivity contribution in [3.05, 3.63) is 23.7 Å². The minimum Gasteiger partial charge on any atom is -0.481 e. The van der Waals surface area contributed by atoms with E-state index in [4.69, 9.17) is 14.3 Å². The number of hydrogen-bond donors (Lipinski definition) is 2. The predicted molar refractivity (Wildman–Crippen MR) is 84.5 cm³/mol. The Balaban J connectivity index is 0.000000648. The van der Waals surface area contributed by atoms with Gasteiger partial charge in [-0.1, -0.05) is 11.8 Å². The van der Waals surface area contributed by atoms with E-state index in [0.29, 0.717) is 18.2 Å². The van der Waals surface area contributed by atoms with Crippen molar-refractivity contribution in [2.24, 2.45) is 7.05 Å². The molecule has 0 saturated carbocycles. The maximum atomic E-state index is 11.2. The number of hydrogen-bond acceptors (Lipinski definition) is 9. The predicted octanol–water partition coefficient (Wildman–Crippen LogP) is 0.692. The lowest BCUT2D eigenvalue weighted by atomic mass is 10.5. The summed E-state index contributed by atoms with van der Waals surface area (Å²) < 4.78 is 11.7. The molecule has 132 valence electrons. The number of oxazole rings is 1. The van der Waals surface area contributed by atoms with Crippen LogP contribution < -0.4 is 5.32 Å². The Hall–Kier alpha value is -2.40. The molecule has 0 fully saturated rings. The van der Waals surface area contributed by atoms with E-state index >= 15 is 0 Å². The first-order valence-electron chi connectivity index (χ1n) is 6.77. The Kier molecular flexibility index (Phi) is 7.92. The van der Waals surface area contributed by atoms with Gasteiger partial charge in [0.05, 0.1) is 19.4 Å². The summed E-state index contributed by atoms with van der Waals surface area (Å²) in [6.07, 6.45) is 1.28. The smallest absolute Gasteiger partial charge is 0.360 e. The van der Waals surface area contributed by atoms with Crippen LogP contribution in [-0.2, 0) is 28.9 Å². The number of carbonyl (C=O) groups excluding carboxylic acids is 1. The SMILES string of the molecule is CC(=O)O.CNCc1nnc(SCc2nc(C(=O)OC)co2)n1C. The van der Waals surface area contributed by atoms with Crippen molar-refractivity contribution in [2.45, 2.75) is 24.4 Å². The number of thioether (sulfide) groups is 1. The average Bonchev–Trinajstić information content (AvgIpc) is 3.13. The zero-order chi connectivity index (χ0) is 18.1. The number of ether oxygens (including phenoxy) is 1. The van der Waals surface area contributed by atoms with Crippen LogP contribution in [0.3, 0.4) is 0 Å². The first kappa shape index (κ1) is 19.6. The summed E-state index contributed by atoms with van der Waals surface area (Å²) in [6.45, 7) is 1.73. The number of esters is 1. The number of carboxylic acid groups (broad SMARTS) is 1. The van der Waals surface area contributed by atoms with E-state index in [0.717, 1.165) is 17.9 Å². The van der Waals surface area contributed by atoms with Gasteiger partial charge >= 0.3 is 5.97 Å². The fourth-order valence-electron chi connectivity index (χ4n) is 1.48. The van der Waals surface area contributed by atoms with Crippen molar-refractivity contribution in [1.82, 2.24) is 25.1 Å². The van der Waals surface area contributed by atoms with E-state index in [1.54, 1.807) is 0 Å². The molecule has 0 aromatic carbocycles. The summed E-state index contributed by atoms with van der Waals surface area (Å²) in [5.74, 6) is 0.397. The molecule has 0 radical (unpaired) electrons. The average molecular weight is 357 g/mol. The van der Waals surface area contributed by atoms with Crippen LogP contribution in [0, 0.1) is 0 Å². The van der Waals surface area contributed by atoms with E-state index in [-0.39, 0.29) is 5.69 Å². The summed E-state index contributed by atoms with van der Waals surface area (Å²) in [4.78, 5) is 24.3. The number of aliphatic carboxylic acids is 1. The van der Waals surface area contributed by atoms with Gasteiger partial charge in [-0.2, -0.15) is 0 Å². The Morgan fingerprint density at radius 1 is 1.46 bits per heavy atom. The van der Waals surface area contributed by atoms with Crippen LogP contribution in [-0.4, -0.2) is 51.0 Å². The Morgan fingerprint density at radius 2 is 2.12 bits per heavy atom. The summed E-state index contributed by atoms with van der Waals surface area (Å²) in [5.41, 5.74) is 0.164. The van der Waals surface area contributed by atoms with Crippen molar-refractivity contribution in [2.75, 3.05) is 14.2 Å². The van der Waals surface area contributed by atoms with Gasteiger partial charge in [0, 0.05) is 14.0 Å². The summed E-state index contributed by atoms with van der Waals surface area (Å²) in [5, 5.41) is 19.3. The first-order valence-corrected chi connectivity index (χ1v) is 7.75. The minimum absolute atomic E-state index is 0.164. The zero-order valence-corrected chi connectivity index (χ0v) is 14.6. The van der Waals surface area contributed by atoms with Gasteiger partial charge in [-0.25, -0.2) is 9.78 Å². The lowest BCUT2D eigenvalue weighted by Gasteiger charge is -2.01. The highest BCUT2D eigenvalue weighted by atomic mass is 32.2. The molecule has 2 aromatic rings. The molecule has 0 aliphatic carbocycles. The van der Waals surface area contributed by atoms with Crippen LogP contribution in [0.15, 0.2) is 15.8 Å². The van der Waals surface area contributed by atoms with E-state index in [9.17, 15) is 4.79 Å². The maximum absolute atomic E-state index is 11.2. The molecule has 0 aliphatic rings. The van der Waals surface area contributed by atoms with Crippen LogP contribution in [0.2, 0.25) is 0 Å². The summed E-state index contributed by atoms with van der Waals surface area (Å²) in [7, 11) is 5.04. The topological polar surface area (TPSA) is 132 Å². The maximum Gasteiger partial charge on any atom is 0.360 e. The number of nitrogens with one attached hydrogen (secondary N) is 1. The molecule has 0 bridgehead atoms. The molecule has 0 unspecified atom stereocenters. The van der Waals surface area contributed by atoms with E-state index in [1.165, 1.54) is 25.1 Å². The Labute approximate surface area is 142 Å². The molecule has 11 heteroatoms. The molecule has 0 saturated heterocycles. The standard InChI is InChI=1S/C11H15N5O3S.C2H4O2/c1-12-4-8-14-15-11(16(8)2)20-6-9-13-7(5-19-9)10(17)18-3;1-2(3)4/h5,12H,4,6H2,1-3H3;1H3,(H,3,4). The fourth-order valence-corrected chi connectivity index (χ4v) is 2.27. The summed E-state index contributed by atoms with van der Waals surface area (Å²) in [6, 6.07) is 0. The van der Waals surface area contributed by atoms with Gasteiger partial charge in [-0.05, 0) is 7.05 Å². The number of methoxy groups -OCH3 is 1. The number of carbonyl (C=O) groups is 2. The minimum atomic E-state index is -0.833. The van der Waals surface area contributed by atoms with Gasteiger partial charge in [0.1, 0.15) is 12.1 Å². The number of aromatic nitrogens is 4. The van der Waals surface area contributed by atoms with Gasteiger partial charge < -0.3 is 24.1 Å². The molecule has 2 N–H and O–H groups in total. The second-order valence-electron chi connectivity index (χ2n) is 4.41. The highest BCUT2D eigenvalue weighted by molar-refractivity contribution is 7.98. The van der Waals surface area contributed by atoms with E-state index < -0.39 is 11.9 Å². The Bertz CT molecular complexity index is 680. The normalized spacial score (nSPS) is 10.0. The highest BCUT2D eigenvalue weighted by Gasteiger charge is 2.14. The third kappa shape index (κ3) is 6.01. The molecule has 0 atom stereocenters. The number of nitrogens with zero attached hydrogens (tertiary/aromatic N) is 4. The molecule has 0 spiro atoms. The molecular formula is C13H19N5O5S. The lowest BCUT2D eigenvalue weighted by molar-refractivity contribution is -0.134. The molecular weight excluding hydrogens is 338 g/mol. The van der Waals surface area contributed by atoms with Crippen molar-refractivity contribution in [3.8, 4) is 0 Å². The van der Waals surface area contributed by atoms with Crippen LogP contribution >= 0.6 is 11.8 Å². The second-order valence-corrected chi connectivity index (χ2v) is 5.36. The largest absolute Gasteiger partial charge is 0.481 e. The molecule has 24 heavy (non-hydrogen) atoms. The first-order chi connectivity index (χ1) is 11.4. The molecule has 10 nitrogen and oxygen atoms in total. The van der Waals surface area contributed by atoms with Gasteiger partial charge in [-0.15, -0.1) is 10.2 Å². The van der Waals surface area contributed by atoms with Crippen molar-refractivity contribution in [1.29, 1.82) is 0 Å². The molecule has 0 aliphatic heterocycles. The molecule has 2 heterocycles. The lowest BCUT2D eigenvalue weighted by Crippen LogP contribution is -2.10. The van der Waals surface area contributed by atoms with Crippen LogP contribution in [0.5, 0.6) is 0 Å². The zero-order valence-electron chi connectivity index (χ0n) is 13.8. The molecule has 2 aromatic heterocycles. The van der Waals surface area contributed by atoms with E-state index in [1.807, 2.05) is 18.7 Å². The van der Waals surface area contributed by atoms with Gasteiger partial charge in [0.25, 0.3) is 5.97 Å². The van der Waals surface area contributed by atoms with Gasteiger partial charge in [0.2, 0.25) is 5.89 Å². The third-order valence-corrected chi connectivity index (χ3v) is 3.54. The van der Waals surface area contributed by atoms with Gasteiger partial charge in [0.15, 0.2) is 10.9 Å². The molecule has 2 rings (SSSR count). The fraction of sp³-hybridized carbons (Fsp3) is 0.462. The Morgan fingerprint density at radius 3 is 2.71 bits per heavy atom. The monoisotopic (exact) mass is 357 g/mol.